The summed E-state index contributed by atoms with van der Waals surface area (Å²) in [6, 6.07) is 18.7. The molecule has 0 fully saturated rings. The van der Waals surface area contributed by atoms with Gasteiger partial charge in [0.1, 0.15) is 13.2 Å². The number of amides is 2. The molecule has 0 bridgehead atoms. The van der Waals surface area contributed by atoms with Crippen LogP contribution in [-0.2, 0) is 22.7 Å². The molecule has 0 aliphatic heterocycles. The van der Waals surface area contributed by atoms with Gasteiger partial charge < -0.3 is 20.1 Å². The molecular weight excluding hydrogens is 392 g/mol. The lowest BCUT2D eigenvalue weighted by atomic mass is 9.99. The van der Waals surface area contributed by atoms with Crippen molar-refractivity contribution in [1.82, 2.24) is 10.6 Å². The van der Waals surface area contributed by atoms with Gasteiger partial charge in [-0.25, -0.2) is 9.59 Å². The van der Waals surface area contributed by atoms with Crippen LogP contribution in [0.15, 0.2) is 60.7 Å². The molecule has 0 spiro atoms. The monoisotopic (exact) mass is 424 g/mol. The zero-order chi connectivity index (χ0) is 22.3. The van der Waals surface area contributed by atoms with Crippen LogP contribution in [0.2, 0.25) is 0 Å². The quantitative estimate of drug-likeness (QED) is 0.491. The van der Waals surface area contributed by atoms with E-state index in [1.165, 1.54) is 0 Å². The lowest BCUT2D eigenvalue weighted by molar-refractivity contribution is 0.129. The van der Waals surface area contributed by atoms with Crippen molar-refractivity contribution in [2.45, 2.75) is 57.4 Å². The van der Waals surface area contributed by atoms with E-state index in [0.29, 0.717) is 32.1 Å². The van der Waals surface area contributed by atoms with E-state index in [-0.39, 0.29) is 25.3 Å². The summed E-state index contributed by atoms with van der Waals surface area (Å²) >= 11 is 0. The molecule has 0 saturated carbocycles. The summed E-state index contributed by atoms with van der Waals surface area (Å²) in [5.74, 6) is 0. The van der Waals surface area contributed by atoms with E-state index in [9.17, 15) is 9.59 Å². The molecule has 0 heterocycles. The Bertz CT molecular complexity index is 702. The van der Waals surface area contributed by atoms with Gasteiger partial charge in [0.15, 0.2) is 0 Å². The first-order valence-electron chi connectivity index (χ1n) is 10.6. The predicted octanol–water partition coefficient (Wildman–Crippen LogP) is 5.20. The largest absolute Gasteiger partial charge is 0.445 e. The van der Waals surface area contributed by atoms with Crippen LogP contribution in [0.3, 0.4) is 0 Å². The molecule has 6 nitrogen and oxygen atoms in total. The Labute approximate surface area is 185 Å². The molecule has 0 aliphatic rings. The van der Waals surface area contributed by atoms with Crippen LogP contribution in [0.4, 0.5) is 9.59 Å². The molecule has 166 valence electrons. The molecule has 0 aromatic heterocycles. The average Bonchev–Trinajstić information content (AvgIpc) is 2.78. The van der Waals surface area contributed by atoms with Gasteiger partial charge in [-0.15, -0.1) is 0 Å². The summed E-state index contributed by atoms with van der Waals surface area (Å²) in [7, 11) is 0. The number of carbonyl (C=O) groups is 2. The Morgan fingerprint density at radius 2 is 1.10 bits per heavy atom. The van der Waals surface area contributed by atoms with Crippen LogP contribution in [0.5, 0.6) is 0 Å². The normalized spacial score (nSPS) is 12.5. The van der Waals surface area contributed by atoms with Gasteiger partial charge in [0.05, 0.1) is 0 Å². The van der Waals surface area contributed by atoms with Crippen LogP contribution < -0.4 is 10.6 Å². The third kappa shape index (κ3) is 10.0. The number of hydrogen-bond donors (Lipinski definition) is 2. The fourth-order valence-electron chi connectivity index (χ4n) is 3.20. The van der Waals surface area contributed by atoms with Crippen LogP contribution in [0.1, 0.15) is 43.2 Å². The number of benzene rings is 2. The van der Waals surface area contributed by atoms with E-state index < -0.39 is 12.2 Å². The predicted molar refractivity (Wildman–Crippen MR) is 121 cm³/mol. The Morgan fingerprint density at radius 1 is 0.710 bits per heavy atom. The third-order valence-corrected chi connectivity index (χ3v) is 4.74. The van der Waals surface area contributed by atoms with Crippen LogP contribution >= 0.6 is 0 Å². The number of nitrogens with one attached hydrogen (secondary N) is 2. The van der Waals surface area contributed by atoms with Crippen molar-refractivity contribution in [3.63, 3.8) is 0 Å². The molecule has 2 aromatic carbocycles. The highest BCUT2D eigenvalue weighted by Gasteiger charge is 2.20. The van der Waals surface area contributed by atoms with E-state index in [1.54, 1.807) is 0 Å². The Kier molecular flexibility index (Phi) is 11.0. The van der Waals surface area contributed by atoms with Crippen molar-refractivity contribution < 1.29 is 19.1 Å². The van der Waals surface area contributed by atoms with E-state index in [1.807, 2.05) is 60.7 Å². The second-order valence-corrected chi connectivity index (χ2v) is 7.33. The first-order chi connectivity index (χ1) is 15.1. The SMILES string of the molecule is [CH2]CCC(CC(CC[CH2])NC(=O)OCc1ccccc1)NC(=O)OCc1ccccc1. The van der Waals surface area contributed by atoms with Gasteiger partial charge in [0.2, 0.25) is 0 Å². The molecule has 2 amide bonds. The Morgan fingerprint density at radius 3 is 1.45 bits per heavy atom. The first-order valence-corrected chi connectivity index (χ1v) is 10.6. The highest BCUT2D eigenvalue weighted by Crippen LogP contribution is 2.11. The van der Waals surface area contributed by atoms with Crippen molar-refractivity contribution in [1.29, 1.82) is 0 Å². The van der Waals surface area contributed by atoms with Crippen molar-refractivity contribution >= 4 is 12.2 Å². The highest BCUT2D eigenvalue weighted by atomic mass is 16.6. The molecular formula is C25H32N2O4. The van der Waals surface area contributed by atoms with E-state index in [2.05, 4.69) is 24.5 Å². The number of rotatable bonds is 12. The topological polar surface area (TPSA) is 76.7 Å². The van der Waals surface area contributed by atoms with Crippen molar-refractivity contribution in [2.75, 3.05) is 0 Å². The second kappa shape index (κ2) is 14.1. The number of ether oxygens (including phenoxy) is 2. The lowest BCUT2D eigenvalue weighted by Crippen LogP contribution is -2.43. The maximum atomic E-state index is 12.2. The minimum Gasteiger partial charge on any atom is -0.445 e. The number of carbonyl (C=O) groups excluding carboxylic acids is 2. The summed E-state index contributed by atoms with van der Waals surface area (Å²) in [6.07, 6.45) is 2.23. The molecule has 2 radical (unpaired) electrons. The van der Waals surface area contributed by atoms with Crippen LogP contribution in [0.25, 0.3) is 0 Å². The van der Waals surface area contributed by atoms with Gasteiger partial charge >= 0.3 is 12.2 Å². The molecule has 2 atom stereocenters. The maximum absolute atomic E-state index is 12.2. The smallest absolute Gasteiger partial charge is 0.407 e. The van der Waals surface area contributed by atoms with Crippen LogP contribution in [-0.4, -0.2) is 24.3 Å². The van der Waals surface area contributed by atoms with Gasteiger partial charge in [-0.2, -0.15) is 0 Å². The van der Waals surface area contributed by atoms with Gasteiger partial charge in [0.25, 0.3) is 0 Å². The standard InChI is InChI=1S/C25H32N2O4/c1-3-11-22(26-24(28)30-18-20-13-7-5-8-14-20)17-23(12-4-2)27-25(29)31-19-21-15-9-6-10-16-21/h5-10,13-16,22-23H,1-4,11-12,17-19H2,(H,26,28)(H,27,29). The molecule has 2 aromatic rings. The minimum atomic E-state index is -0.484. The summed E-state index contributed by atoms with van der Waals surface area (Å²) in [5, 5.41) is 5.79. The minimum absolute atomic E-state index is 0.174. The average molecular weight is 425 g/mol. The molecule has 0 aliphatic carbocycles. The van der Waals surface area contributed by atoms with Crippen molar-refractivity contribution in [3.8, 4) is 0 Å². The van der Waals surface area contributed by atoms with Crippen LogP contribution in [0, 0.1) is 13.8 Å². The first kappa shape index (κ1) is 24.3. The maximum Gasteiger partial charge on any atom is 0.407 e. The summed E-state index contributed by atoms with van der Waals surface area (Å²) in [6.45, 7) is 8.18. The van der Waals surface area contributed by atoms with E-state index in [4.69, 9.17) is 9.47 Å². The van der Waals surface area contributed by atoms with E-state index >= 15 is 0 Å². The second-order valence-electron chi connectivity index (χ2n) is 7.33. The molecule has 2 N–H and O–H groups in total. The van der Waals surface area contributed by atoms with E-state index in [0.717, 1.165) is 11.1 Å². The number of hydrogen-bond acceptors (Lipinski definition) is 4. The summed E-state index contributed by atoms with van der Waals surface area (Å²) in [5.41, 5.74) is 1.84. The molecule has 0 saturated heterocycles. The number of alkyl carbamates (subject to hydrolysis) is 2. The highest BCUT2D eigenvalue weighted by molar-refractivity contribution is 5.68. The van der Waals surface area contributed by atoms with Gasteiger partial charge in [-0.05, 0) is 30.4 Å². The molecule has 2 rings (SSSR count). The zero-order valence-corrected chi connectivity index (χ0v) is 17.9. The van der Waals surface area contributed by atoms with Gasteiger partial charge in [0, 0.05) is 12.1 Å². The van der Waals surface area contributed by atoms with Gasteiger partial charge in [-0.3, -0.25) is 0 Å². The van der Waals surface area contributed by atoms with Crippen molar-refractivity contribution in [3.05, 3.63) is 85.6 Å². The lowest BCUT2D eigenvalue weighted by Gasteiger charge is -2.24. The Hall–Kier alpha value is -3.02. The zero-order valence-electron chi connectivity index (χ0n) is 17.9. The fourth-order valence-corrected chi connectivity index (χ4v) is 3.20. The summed E-state index contributed by atoms with van der Waals surface area (Å²) in [4.78, 5) is 24.5. The fraction of sp³-hybridized carbons (Fsp3) is 0.360. The Balaban J connectivity index is 1.82. The molecule has 2 unspecified atom stereocenters. The molecule has 6 heteroatoms. The molecule has 31 heavy (non-hydrogen) atoms. The van der Waals surface area contributed by atoms with Gasteiger partial charge in [-0.1, -0.05) is 87.4 Å². The summed E-state index contributed by atoms with van der Waals surface area (Å²) < 4.78 is 10.6. The third-order valence-electron chi connectivity index (χ3n) is 4.74. The van der Waals surface area contributed by atoms with Crippen molar-refractivity contribution in [2.24, 2.45) is 0 Å².